The number of halogens is 1. The van der Waals surface area contributed by atoms with Crippen LogP contribution in [0.4, 0.5) is 0 Å². The van der Waals surface area contributed by atoms with Crippen molar-refractivity contribution in [3.8, 4) is 11.1 Å². The van der Waals surface area contributed by atoms with Crippen molar-refractivity contribution >= 4 is 21.6 Å². The van der Waals surface area contributed by atoms with Crippen molar-refractivity contribution in [2.75, 3.05) is 0 Å². The highest BCUT2D eigenvalue weighted by Gasteiger charge is 2.13. The Labute approximate surface area is 118 Å². The van der Waals surface area contributed by atoms with Crippen molar-refractivity contribution in [3.63, 3.8) is 0 Å². The van der Waals surface area contributed by atoms with Gasteiger partial charge in [0.2, 0.25) is 0 Å². The fraction of sp³-hybridized carbons (Fsp3) is 0.143. The van der Waals surface area contributed by atoms with Gasteiger partial charge in [0.15, 0.2) is 5.65 Å². The first-order valence-electron chi connectivity index (χ1n) is 5.92. The van der Waals surface area contributed by atoms with Crippen LogP contribution < -0.4 is 5.56 Å². The molecule has 19 heavy (non-hydrogen) atoms. The van der Waals surface area contributed by atoms with Gasteiger partial charge in [-0.3, -0.25) is 9.89 Å². The summed E-state index contributed by atoms with van der Waals surface area (Å²) in [6.07, 6.45) is 1.81. The Hall–Kier alpha value is -1.88. The minimum atomic E-state index is -0.0548. The molecule has 0 fully saturated rings. The van der Waals surface area contributed by atoms with Gasteiger partial charge in [0, 0.05) is 33.1 Å². The molecule has 2 heterocycles. The molecule has 0 amide bonds. The van der Waals surface area contributed by atoms with E-state index >= 15 is 0 Å². The molecule has 3 rings (SSSR count). The molecule has 0 aliphatic heterocycles. The summed E-state index contributed by atoms with van der Waals surface area (Å²) in [4.78, 5) is 16.7. The molecule has 1 aromatic carbocycles. The van der Waals surface area contributed by atoms with Gasteiger partial charge in [0.05, 0.1) is 0 Å². The molecule has 5 heteroatoms. The Morgan fingerprint density at radius 3 is 2.68 bits per heavy atom. The van der Waals surface area contributed by atoms with E-state index in [1.807, 2.05) is 37.4 Å². The summed E-state index contributed by atoms with van der Waals surface area (Å²) in [7, 11) is 0. The van der Waals surface area contributed by atoms with Crippen LogP contribution in [0.2, 0.25) is 0 Å². The monoisotopic (exact) mass is 317 g/mol. The van der Waals surface area contributed by atoms with Crippen molar-refractivity contribution in [3.05, 3.63) is 56.5 Å². The summed E-state index contributed by atoms with van der Waals surface area (Å²) in [6.45, 7) is 3.64. The summed E-state index contributed by atoms with van der Waals surface area (Å²) in [5, 5.41) is 2.97. The minimum Gasteiger partial charge on any atom is -0.296 e. The molecule has 0 aliphatic rings. The van der Waals surface area contributed by atoms with Crippen LogP contribution in [0.3, 0.4) is 0 Å². The van der Waals surface area contributed by atoms with Crippen LogP contribution in [0, 0.1) is 13.8 Å². The van der Waals surface area contributed by atoms with E-state index in [1.165, 1.54) is 4.52 Å². The first-order valence-corrected chi connectivity index (χ1v) is 6.71. The van der Waals surface area contributed by atoms with E-state index in [0.717, 1.165) is 21.3 Å². The maximum atomic E-state index is 12.2. The van der Waals surface area contributed by atoms with Crippen LogP contribution in [0.5, 0.6) is 0 Å². The molecule has 0 aliphatic carbocycles. The SMILES string of the molecule is Cc1nc2c(-c3ccccc3Br)c[nH]n2c(=O)c1C. The number of H-pyrrole nitrogens is 1. The number of benzene rings is 1. The van der Waals surface area contributed by atoms with Crippen LogP contribution in [0.1, 0.15) is 11.3 Å². The highest BCUT2D eigenvalue weighted by atomic mass is 79.9. The molecule has 0 saturated carbocycles. The molecule has 0 spiro atoms. The Bertz CT molecular complexity index is 832. The van der Waals surface area contributed by atoms with E-state index in [9.17, 15) is 4.79 Å². The van der Waals surface area contributed by atoms with Gasteiger partial charge in [-0.2, -0.15) is 0 Å². The Morgan fingerprint density at radius 2 is 1.95 bits per heavy atom. The second-order valence-corrected chi connectivity index (χ2v) is 5.31. The predicted octanol–water partition coefficient (Wildman–Crippen LogP) is 3.07. The molecule has 0 radical (unpaired) electrons. The molecule has 3 aromatic rings. The number of hydrogen-bond donors (Lipinski definition) is 1. The van der Waals surface area contributed by atoms with Gasteiger partial charge in [0.25, 0.3) is 5.56 Å². The molecule has 0 saturated heterocycles. The van der Waals surface area contributed by atoms with Gasteiger partial charge in [0.1, 0.15) is 0 Å². The summed E-state index contributed by atoms with van der Waals surface area (Å²) < 4.78 is 2.46. The van der Waals surface area contributed by atoms with Crippen molar-refractivity contribution in [2.24, 2.45) is 0 Å². The number of nitrogens with one attached hydrogen (secondary N) is 1. The zero-order valence-corrected chi connectivity index (χ0v) is 12.2. The number of hydrogen-bond acceptors (Lipinski definition) is 2. The maximum absolute atomic E-state index is 12.2. The average Bonchev–Trinajstić information content (AvgIpc) is 2.80. The zero-order chi connectivity index (χ0) is 13.6. The first kappa shape index (κ1) is 12.2. The summed E-state index contributed by atoms with van der Waals surface area (Å²) in [6, 6.07) is 7.88. The molecule has 0 bridgehead atoms. The number of aryl methyl sites for hydroxylation is 1. The summed E-state index contributed by atoms with van der Waals surface area (Å²) in [5.74, 6) is 0. The number of aromatic nitrogens is 3. The normalized spacial score (nSPS) is 11.1. The van der Waals surface area contributed by atoms with Crippen molar-refractivity contribution in [1.82, 2.24) is 14.6 Å². The van der Waals surface area contributed by atoms with Crippen LogP contribution >= 0.6 is 15.9 Å². The Kier molecular flexibility index (Phi) is 2.78. The van der Waals surface area contributed by atoms with E-state index in [-0.39, 0.29) is 5.56 Å². The van der Waals surface area contributed by atoms with E-state index in [2.05, 4.69) is 26.0 Å². The third kappa shape index (κ3) is 1.81. The van der Waals surface area contributed by atoms with Crippen LogP contribution in [0.15, 0.2) is 39.7 Å². The Balaban J connectivity index is 2.39. The Morgan fingerprint density at radius 1 is 1.21 bits per heavy atom. The lowest BCUT2D eigenvalue weighted by molar-refractivity contribution is 0.873. The molecule has 0 atom stereocenters. The molecular weight excluding hydrogens is 306 g/mol. The van der Waals surface area contributed by atoms with Gasteiger partial charge in [-0.1, -0.05) is 34.1 Å². The van der Waals surface area contributed by atoms with Gasteiger partial charge < -0.3 is 0 Å². The molecule has 1 N–H and O–H groups in total. The lowest BCUT2D eigenvalue weighted by Crippen LogP contribution is -2.19. The molecular formula is C14H12BrN3O. The smallest absolute Gasteiger partial charge is 0.275 e. The summed E-state index contributed by atoms with van der Waals surface area (Å²) in [5.41, 5.74) is 3.95. The van der Waals surface area contributed by atoms with Gasteiger partial charge in [-0.05, 0) is 19.9 Å². The van der Waals surface area contributed by atoms with E-state index in [4.69, 9.17) is 0 Å². The number of nitrogens with zero attached hydrogens (tertiary/aromatic N) is 2. The first-order chi connectivity index (χ1) is 9.09. The fourth-order valence-corrected chi connectivity index (χ4v) is 2.58. The average molecular weight is 318 g/mol. The molecule has 4 nitrogen and oxygen atoms in total. The predicted molar refractivity (Wildman–Crippen MR) is 78.4 cm³/mol. The van der Waals surface area contributed by atoms with Crippen molar-refractivity contribution < 1.29 is 0 Å². The fourth-order valence-electron chi connectivity index (χ4n) is 2.08. The molecule has 96 valence electrons. The van der Waals surface area contributed by atoms with Gasteiger partial charge in [-0.15, -0.1) is 0 Å². The maximum Gasteiger partial charge on any atom is 0.275 e. The van der Waals surface area contributed by atoms with E-state index in [0.29, 0.717) is 11.2 Å². The van der Waals surface area contributed by atoms with E-state index in [1.54, 1.807) is 6.92 Å². The highest BCUT2D eigenvalue weighted by molar-refractivity contribution is 9.10. The van der Waals surface area contributed by atoms with Crippen LogP contribution in [0.25, 0.3) is 16.8 Å². The summed E-state index contributed by atoms with van der Waals surface area (Å²) >= 11 is 3.53. The largest absolute Gasteiger partial charge is 0.296 e. The zero-order valence-electron chi connectivity index (χ0n) is 10.6. The van der Waals surface area contributed by atoms with E-state index < -0.39 is 0 Å². The number of fused-ring (bicyclic) bond motifs is 1. The second kappa shape index (κ2) is 4.35. The number of aromatic amines is 1. The van der Waals surface area contributed by atoms with Gasteiger partial charge >= 0.3 is 0 Å². The van der Waals surface area contributed by atoms with Crippen LogP contribution in [-0.2, 0) is 0 Å². The van der Waals surface area contributed by atoms with Crippen molar-refractivity contribution in [1.29, 1.82) is 0 Å². The third-order valence-corrected chi connectivity index (χ3v) is 3.99. The lowest BCUT2D eigenvalue weighted by atomic mass is 10.1. The minimum absolute atomic E-state index is 0.0548. The quantitative estimate of drug-likeness (QED) is 0.750. The second-order valence-electron chi connectivity index (χ2n) is 4.45. The molecule has 0 unspecified atom stereocenters. The van der Waals surface area contributed by atoms with Gasteiger partial charge in [-0.25, -0.2) is 9.50 Å². The standard InChI is InChI=1S/C14H12BrN3O/c1-8-9(2)17-13-11(7-16-18(13)14(8)19)10-5-3-4-6-12(10)15/h3-7,16H,1-2H3. The van der Waals surface area contributed by atoms with Crippen LogP contribution in [-0.4, -0.2) is 14.6 Å². The third-order valence-electron chi connectivity index (χ3n) is 3.29. The highest BCUT2D eigenvalue weighted by Crippen LogP contribution is 2.29. The number of rotatable bonds is 1. The van der Waals surface area contributed by atoms with Crippen molar-refractivity contribution in [2.45, 2.75) is 13.8 Å². The molecule has 2 aromatic heterocycles. The topological polar surface area (TPSA) is 50.2 Å². The lowest BCUT2D eigenvalue weighted by Gasteiger charge is -2.03.